The number of hydrogen-bond acceptors (Lipinski definition) is 6. The minimum atomic E-state index is -0.674. The summed E-state index contributed by atoms with van der Waals surface area (Å²) in [5.74, 6) is 0.540. The SMILES string of the molecule is COc1cc([C@@H]2C3=C(CC(C)(C)CC3=O)Nc3[nH]c(=O)[nH]c(=O)c32)ccc1OCc1ccccc1Cl. The van der Waals surface area contributed by atoms with Gasteiger partial charge in [0.25, 0.3) is 5.56 Å². The van der Waals surface area contributed by atoms with Crippen LogP contribution in [-0.4, -0.2) is 22.9 Å². The van der Waals surface area contributed by atoms with Crippen LogP contribution in [0.2, 0.25) is 5.02 Å². The molecule has 1 aliphatic heterocycles. The Bertz CT molecular complexity index is 1520. The quantitative estimate of drug-likeness (QED) is 0.468. The molecule has 0 bridgehead atoms. The zero-order valence-corrected chi connectivity index (χ0v) is 20.9. The summed E-state index contributed by atoms with van der Waals surface area (Å²) in [5, 5.41) is 3.77. The molecule has 0 spiro atoms. The fraction of sp³-hybridized carbons (Fsp3) is 0.296. The molecule has 0 unspecified atom stereocenters. The lowest BCUT2D eigenvalue weighted by Crippen LogP contribution is -2.38. The predicted molar refractivity (Wildman–Crippen MR) is 137 cm³/mol. The van der Waals surface area contributed by atoms with Crippen LogP contribution in [0.4, 0.5) is 5.82 Å². The van der Waals surface area contributed by atoms with Crippen molar-refractivity contribution in [1.82, 2.24) is 9.97 Å². The molecule has 3 N–H and O–H groups in total. The fourth-order valence-electron chi connectivity index (χ4n) is 5.03. The van der Waals surface area contributed by atoms with Gasteiger partial charge in [0.2, 0.25) is 0 Å². The molecule has 1 atom stereocenters. The zero-order chi connectivity index (χ0) is 25.6. The van der Waals surface area contributed by atoms with Crippen molar-refractivity contribution < 1.29 is 14.3 Å². The molecule has 8 nitrogen and oxygen atoms in total. The van der Waals surface area contributed by atoms with Crippen molar-refractivity contribution in [2.24, 2.45) is 5.41 Å². The maximum Gasteiger partial charge on any atom is 0.327 e. The van der Waals surface area contributed by atoms with E-state index in [2.05, 4.69) is 15.3 Å². The van der Waals surface area contributed by atoms with Gasteiger partial charge in [-0.25, -0.2) is 4.79 Å². The van der Waals surface area contributed by atoms with Gasteiger partial charge in [0.05, 0.1) is 12.7 Å². The smallest absolute Gasteiger partial charge is 0.327 e. The number of halogens is 1. The molecule has 2 aromatic carbocycles. The number of ketones is 1. The van der Waals surface area contributed by atoms with Gasteiger partial charge < -0.3 is 14.8 Å². The first-order chi connectivity index (χ1) is 17.2. The van der Waals surface area contributed by atoms with E-state index in [1.165, 1.54) is 7.11 Å². The molecule has 2 heterocycles. The molecule has 5 rings (SSSR count). The van der Waals surface area contributed by atoms with Gasteiger partial charge in [-0.1, -0.05) is 49.7 Å². The molecule has 3 aromatic rings. The lowest BCUT2D eigenvalue weighted by atomic mass is 9.69. The van der Waals surface area contributed by atoms with Gasteiger partial charge in [0.15, 0.2) is 17.3 Å². The van der Waals surface area contributed by atoms with Gasteiger partial charge in [-0.05, 0) is 35.6 Å². The molecule has 0 saturated carbocycles. The standard InChI is InChI=1S/C27H26ClN3O5/c1-27(2)11-17-22(18(32)12-27)21(23-24(29-17)30-26(34)31-25(23)33)14-8-9-19(20(10-14)35-3)36-13-15-6-4-5-7-16(15)28/h4-10,21H,11-13H2,1-3H3,(H3,29,30,31,33,34)/t21-/m1/s1. The van der Waals surface area contributed by atoms with Crippen molar-refractivity contribution in [3.8, 4) is 11.5 Å². The minimum absolute atomic E-state index is 0.0342. The van der Waals surface area contributed by atoms with Crippen LogP contribution in [0.1, 0.15) is 49.3 Å². The molecule has 36 heavy (non-hydrogen) atoms. The number of nitrogens with one attached hydrogen (secondary N) is 3. The number of H-pyrrole nitrogens is 2. The first kappa shape index (κ1) is 23.9. The Morgan fingerprint density at radius 1 is 1.03 bits per heavy atom. The summed E-state index contributed by atoms with van der Waals surface area (Å²) >= 11 is 6.25. The van der Waals surface area contributed by atoms with Crippen molar-refractivity contribution in [2.75, 3.05) is 12.4 Å². The molecule has 1 aliphatic carbocycles. The van der Waals surface area contributed by atoms with Gasteiger partial charge in [-0.15, -0.1) is 0 Å². The Morgan fingerprint density at radius 2 is 1.81 bits per heavy atom. The second-order valence-corrected chi connectivity index (χ2v) is 10.3. The number of aromatic amines is 2. The summed E-state index contributed by atoms with van der Waals surface area (Å²) in [4.78, 5) is 43.4. The van der Waals surface area contributed by atoms with Crippen LogP contribution >= 0.6 is 11.6 Å². The Morgan fingerprint density at radius 3 is 2.56 bits per heavy atom. The number of carbonyl (C=O) groups excluding carboxylic acids is 1. The molecule has 0 saturated heterocycles. The number of allylic oxidation sites excluding steroid dienone is 2. The third kappa shape index (κ3) is 4.33. The monoisotopic (exact) mass is 507 g/mol. The highest BCUT2D eigenvalue weighted by atomic mass is 35.5. The van der Waals surface area contributed by atoms with E-state index in [-0.39, 0.29) is 23.4 Å². The van der Waals surface area contributed by atoms with Crippen LogP contribution in [0.15, 0.2) is 63.3 Å². The highest BCUT2D eigenvalue weighted by Gasteiger charge is 2.42. The van der Waals surface area contributed by atoms with E-state index in [0.717, 1.165) is 5.56 Å². The van der Waals surface area contributed by atoms with E-state index < -0.39 is 17.2 Å². The number of hydrogen-bond donors (Lipinski definition) is 3. The Balaban J connectivity index is 1.59. The number of rotatable bonds is 5. The number of benzene rings is 2. The van der Waals surface area contributed by atoms with Gasteiger partial charge in [-0.2, -0.15) is 0 Å². The van der Waals surface area contributed by atoms with Crippen LogP contribution in [0.3, 0.4) is 0 Å². The number of anilines is 1. The van der Waals surface area contributed by atoms with E-state index in [1.54, 1.807) is 18.2 Å². The molecule has 0 amide bonds. The lowest BCUT2D eigenvalue weighted by molar-refractivity contribution is -0.118. The first-order valence-corrected chi connectivity index (χ1v) is 12.0. The van der Waals surface area contributed by atoms with Crippen molar-refractivity contribution in [3.63, 3.8) is 0 Å². The number of carbonyl (C=O) groups is 1. The second-order valence-electron chi connectivity index (χ2n) is 9.88. The molecule has 2 aliphatic rings. The van der Waals surface area contributed by atoms with Crippen LogP contribution in [0.5, 0.6) is 11.5 Å². The number of ether oxygens (including phenoxy) is 2. The highest BCUT2D eigenvalue weighted by Crippen LogP contribution is 2.48. The number of fused-ring (bicyclic) bond motifs is 1. The molecule has 0 radical (unpaired) electrons. The number of aromatic nitrogens is 2. The summed E-state index contributed by atoms with van der Waals surface area (Å²) in [6, 6.07) is 12.7. The van der Waals surface area contributed by atoms with Gasteiger partial charge in [-0.3, -0.25) is 19.6 Å². The normalized spacial score (nSPS) is 18.2. The summed E-state index contributed by atoms with van der Waals surface area (Å²) in [5.41, 5.74) is 1.63. The van der Waals surface area contributed by atoms with Gasteiger partial charge in [0.1, 0.15) is 12.4 Å². The van der Waals surface area contributed by atoms with E-state index >= 15 is 0 Å². The van der Waals surface area contributed by atoms with Crippen LogP contribution < -0.4 is 26.0 Å². The van der Waals surface area contributed by atoms with E-state index in [1.807, 2.05) is 38.1 Å². The fourth-order valence-corrected chi connectivity index (χ4v) is 5.22. The first-order valence-electron chi connectivity index (χ1n) is 11.6. The Labute approximate surface area is 212 Å². The van der Waals surface area contributed by atoms with Crippen molar-refractivity contribution in [1.29, 1.82) is 0 Å². The topological polar surface area (TPSA) is 113 Å². The van der Waals surface area contributed by atoms with E-state index in [0.29, 0.717) is 52.0 Å². The minimum Gasteiger partial charge on any atom is -0.493 e. The molecule has 9 heteroatoms. The number of Topliss-reactive ketones (excluding diaryl/α,β-unsaturated/α-hetero) is 1. The Hall–Kier alpha value is -3.78. The van der Waals surface area contributed by atoms with Crippen molar-refractivity contribution >= 4 is 23.2 Å². The molecule has 186 valence electrons. The van der Waals surface area contributed by atoms with Crippen molar-refractivity contribution in [2.45, 2.75) is 39.2 Å². The third-order valence-electron chi connectivity index (χ3n) is 6.61. The maximum atomic E-state index is 13.4. The van der Waals surface area contributed by atoms with Crippen LogP contribution in [0.25, 0.3) is 0 Å². The average Bonchev–Trinajstić information content (AvgIpc) is 2.81. The summed E-state index contributed by atoms with van der Waals surface area (Å²) in [6.45, 7) is 4.29. The number of methoxy groups -OCH3 is 1. The van der Waals surface area contributed by atoms with Crippen LogP contribution in [0, 0.1) is 5.41 Å². The third-order valence-corrected chi connectivity index (χ3v) is 6.98. The predicted octanol–water partition coefficient (Wildman–Crippen LogP) is 4.50. The van der Waals surface area contributed by atoms with E-state index in [9.17, 15) is 14.4 Å². The summed E-state index contributed by atoms with van der Waals surface area (Å²) < 4.78 is 11.6. The summed E-state index contributed by atoms with van der Waals surface area (Å²) in [7, 11) is 1.53. The average molecular weight is 508 g/mol. The zero-order valence-electron chi connectivity index (χ0n) is 20.2. The maximum absolute atomic E-state index is 13.4. The van der Waals surface area contributed by atoms with Crippen LogP contribution in [-0.2, 0) is 11.4 Å². The van der Waals surface area contributed by atoms with Gasteiger partial charge >= 0.3 is 5.69 Å². The van der Waals surface area contributed by atoms with E-state index in [4.69, 9.17) is 21.1 Å². The van der Waals surface area contributed by atoms with Crippen molar-refractivity contribution in [3.05, 3.63) is 96.3 Å². The molecule has 0 fully saturated rings. The molecular formula is C27H26ClN3O5. The molecular weight excluding hydrogens is 482 g/mol. The highest BCUT2D eigenvalue weighted by molar-refractivity contribution is 6.31. The largest absolute Gasteiger partial charge is 0.493 e. The second kappa shape index (κ2) is 9.02. The van der Waals surface area contributed by atoms with Gasteiger partial charge in [0, 0.05) is 34.2 Å². The summed E-state index contributed by atoms with van der Waals surface area (Å²) in [6.07, 6.45) is 0.964. The Kier molecular flexibility index (Phi) is 6.00. The lowest BCUT2D eigenvalue weighted by Gasteiger charge is -2.38. The molecule has 1 aromatic heterocycles.